The zero-order valence-corrected chi connectivity index (χ0v) is 12.1. The van der Waals surface area contributed by atoms with E-state index in [9.17, 15) is 4.79 Å². The van der Waals surface area contributed by atoms with Crippen molar-refractivity contribution in [3.05, 3.63) is 24.3 Å². The second kappa shape index (κ2) is 6.09. The topological polar surface area (TPSA) is 41.1 Å². The Bertz CT molecular complexity index is 434. The van der Waals surface area contributed by atoms with Gasteiger partial charge in [-0.2, -0.15) is 0 Å². The van der Waals surface area contributed by atoms with Gasteiger partial charge in [-0.1, -0.05) is 26.3 Å². The first-order chi connectivity index (χ1) is 9.06. The third kappa shape index (κ3) is 3.72. The van der Waals surface area contributed by atoms with Crippen LogP contribution in [0.5, 0.6) is 0 Å². The molecule has 1 amide bonds. The number of carbonyl (C=O) groups is 1. The quantitative estimate of drug-likeness (QED) is 0.866. The zero-order valence-electron chi connectivity index (χ0n) is 12.1. The van der Waals surface area contributed by atoms with Crippen LogP contribution in [0.4, 0.5) is 11.4 Å². The molecule has 1 saturated carbocycles. The number of hydrogen-bond donors (Lipinski definition) is 2. The van der Waals surface area contributed by atoms with E-state index in [1.165, 1.54) is 26.2 Å². The minimum Gasteiger partial charge on any atom is -0.382 e. The Morgan fingerprint density at radius 1 is 1.16 bits per heavy atom. The second-order valence-corrected chi connectivity index (χ2v) is 5.82. The molecule has 0 saturated heterocycles. The number of hydrogen-bond acceptors (Lipinski definition) is 2. The highest BCUT2D eigenvalue weighted by Gasteiger charge is 2.27. The number of amides is 1. The Morgan fingerprint density at radius 3 is 2.42 bits per heavy atom. The van der Waals surface area contributed by atoms with Gasteiger partial charge >= 0.3 is 0 Å². The van der Waals surface area contributed by atoms with Gasteiger partial charge in [0.15, 0.2) is 0 Å². The molecule has 0 heterocycles. The average Bonchev–Trinajstić information content (AvgIpc) is 2.34. The van der Waals surface area contributed by atoms with E-state index >= 15 is 0 Å². The lowest BCUT2D eigenvalue weighted by atomic mass is 9.78. The predicted molar refractivity (Wildman–Crippen MR) is 80.3 cm³/mol. The molecule has 1 aromatic carbocycles. The zero-order chi connectivity index (χ0) is 13.8. The van der Waals surface area contributed by atoms with Gasteiger partial charge in [-0.05, 0) is 42.9 Å². The van der Waals surface area contributed by atoms with Crippen molar-refractivity contribution < 1.29 is 4.79 Å². The maximum atomic E-state index is 11.1. The van der Waals surface area contributed by atoms with E-state index in [-0.39, 0.29) is 5.91 Å². The van der Waals surface area contributed by atoms with E-state index in [1.54, 1.807) is 0 Å². The summed E-state index contributed by atoms with van der Waals surface area (Å²) in [6.45, 7) is 6.18. The Labute approximate surface area is 115 Å². The van der Waals surface area contributed by atoms with Crippen LogP contribution in [0.2, 0.25) is 0 Å². The number of rotatable bonds is 3. The molecule has 0 spiro atoms. The molecule has 2 rings (SSSR count). The van der Waals surface area contributed by atoms with Crippen LogP contribution in [0.25, 0.3) is 0 Å². The molecule has 1 fully saturated rings. The Morgan fingerprint density at radius 2 is 1.79 bits per heavy atom. The van der Waals surface area contributed by atoms with Gasteiger partial charge in [0.05, 0.1) is 0 Å². The summed E-state index contributed by atoms with van der Waals surface area (Å²) in [5, 5.41) is 6.47. The second-order valence-electron chi connectivity index (χ2n) is 5.82. The van der Waals surface area contributed by atoms with Crippen LogP contribution < -0.4 is 10.6 Å². The van der Waals surface area contributed by atoms with E-state index < -0.39 is 0 Å². The van der Waals surface area contributed by atoms with Crippen molar-refractivity contribution in [2.24, 2.45) is 11.8 Å². The van der Waals surface area contributed by atoms with Crippen molar-refractivity contribution >= 4 is 17.3 Å². The van der Waals surface area contributed by atoms with Crippen LogP contribution >= 0.6 is 0 Å². The summed E-state index contributed by atoms with van der Waals surface area (Å²) in [6, 6.07) is 8.50. The lowest BCUT2D eigenvalue weighted by Gasteiger charge is -2.36. The summed E-state index contributed by atoms with van der Waals surface area (Å²) < 4.78 is 0. The Kier molecular flexibility index (Phi) is 4.46. The maximum absolute atomic E-state index is 11.1. The Balaban J connectivity index is 2.07. The standard InChI is InChI=1S/C16H24N2O/c1-11-6-4-7-12(2)16(11)18-15-9-5-8-14(10-15)17-13(3)19/h5,8-12,16,18H,4,6-7H2,1-3H3,(H,17,19). The van der Waals surface area contributed by atoms with Crippen molar-refractivity contribution in [3.8, 4) is 0 Å². The van der Waals surface area contributed by atoms with E-state index in [1.807, 2.05) is 18.2 Å². The fraction of sp³-hybridized carbons (Fsp3) is 0.562. The third-order valence-corrected chi connectivity index (χ3v) is 4.06. The minimum absolute atomic E-state index is 0.0310. The van der Waals surface area contributed by atoms with Gasteiger partial charge in [0.1, 0.15) is 0 Å². The van der Waals surface area contributed by atoms with E-state index in [0.29, 0.717) is 17.9 Å². The maximum Gasteiger partial charge on any atom is 0.221 e. The van der Waals surface area contributed by atoms with E-state index in [2.05, 4.69) is 30.5 Å². The fourth-order valence-corrected chi connectivity index (χ4v) is 3.05. The molecule has 3 heteroatoms. The van der Waals surface area contributed by atoms with Crippen LogP contribution in [0.1, 0.15) is 40.0 Å². The molecule has 1 aliphatic rings. The minimum atomic E-state index is -0.0310. The molecule has 0 radical (unpaired) electrons. The predicted octanol–water partition coefficient (Wildman–Crippen LogP) is 3.88. The molecule has 1 aromatic rings. The number of benzene rings is 1. The van der Waals surface area contributed by atoms with Gasteiger partial charge in [0, 0.05) is 24.3 Å². The van der Waals surface area contributed by atoms with Crippen LogP contribution in [0.15, 0.2) is 24.3 Å². The van der Waals surface area contributed by atoms with Crippen molar-refractivity contribution in [2.75, 3.05) is 10.6 Å². The van der Waals surface area contributed by atoms with Crippen LogP contribution in [0.3, 0.4) is 0 Å². The largest absolute Gasteiger partial charge is 0.382 e. The smallest absolute Gasteiger partial charge is 0.221 e. The van der Waals surface area contributed by atoms with Crippen molar-refractivity contribution in [2.45, 2.75) is 46.1 Å². The molecule has 3 nitrogen and oxygen atoms in total. The third-order valence-electron chi connectivity index (χ3n) is 4.06. The van der Waals surface area contributed by atoms with Gasteiger partial charge in [0.2, 0.25) is 5.91 Å². The molecule has 0 aromatic heterocycles. The number of nitrogens with one attached hydrogen (secondary N) is 2. The van der Waals surface area contributed by atoms with Crippen LogP contribution in [-0.4, -0.2) is 11.9 Å². The molecule has 19 heavy (non-hydrogen) atoms. The summed E-state index contributed by atoms with van der Waals surface area (Å²) in [7, 11) is 0. The van der Waals surface area contributed by atoms with Gasteiger partial charge in [-0.3, -0.25) is 4.79 Å². The molecule has 2 N–H and O–H groups in total. The highest BCUT2D eigenvalue weighted by molar-refractivity contribution is 5.89. The van der Waals surface area contributed by atoms with E-state index in [4.69, 9.17) is 0 Å². The van der Waals surface area contributed by atoms with Gasteiger partial charge in [-0.25, -0.2) is 0 Å². The van der Waals surface area contributed by atoms with Gasteiger partial charge in [-0.15, -0.1) is 0 Å². The molecule has 2 atom stereocenters. The lowest BCUT2D eigenvalue weighted by molar-refractivity contribution is -0.114. The van der Waals surface area contributed by atoms with Crippen molar-refractivity contribution in [3.63, 3.8) is 0 Å². The molecule has 104 valence electrons. The molecular formula is C16H24N2O. The summed E-state index contributed by atoms with van der Waals surface area (Å²) in [5.41, 5.74) is 1.95. The first kappa shape index (κ1) is 13.9. The summed E-state index contributed by atoms with van der Waals surface area (Å²) in [4.78, 5) is 11.1. The molecular weight excluding hydrogens is 236 g/mol. The lowest BCUT2D eigenvalue weighted by Crippen LogP contribution is -2.37. The van der Waals surface area contributed by atoms with Crippen LogP contribution in [-0.2, 0) is 4.79 Å². The Hall–Kier alpha value is -1.51. The molecule has 0 aliphatic heterocycles. The monoisotopic (exact) mass is 260 g/mol. The first-order valence-corrected chi connectivity index (χ1v) is 7.20. The molecule has 0 bridgehead atoms. The number of anilines is 2. The van der Waals surface area contributed by atoms with Gasteiger partial charge in [0.25, 0.3) is 0 Å². The summed E-state index contributed by atoms with van der Waals surface area (Å²) >= 11 is 0. The first-order valence-electron chi connectivity index (χ1n) is 7.20. The SMILES string of the molecule is CC(=O)Nc1cccc(NC2C(C)CCCC2C)c1. The fourth-order valence-electron chi connectivity index (χ4n) is 3.05. The molecule has 1 aliphatic carbocycles. The normalized spacial score (nSPS) is 26.8. The highest BCUT2D eigenvalue weighted by atomic mass is 16.1. The van der Waals surface area contributed by atoms with Gasteiger partial charge < -0.3 is 10.6 Å². The van der Waals surface area contributed by atoms with Crippen LogP contribution in [0, 0.1) is 11.8 Å². The number of carbonyl (C=O) groups excluding carboxylic acids is 1. The highest BCUT2D eigenvalue weighted by Crippen LogP contribution is 2.31. The summed E-state index contributed by atoms with van der Waals surface area (Å²) in [5.74, 6) is 1.37. The van der Waals surface area contributed by atoms with Crippen molar-refractivity contribution in [1.29, 1.82) is 0 Å². The summed E-state index contributed by atoms with van der Waals surface area (Å²) in [6.07, 6.45) is 3.94. The van der Waals surface area contributed by atoms with Crippen molar-refractivity contribution in [1.82, 2.24) is 0 Å². The molecule has 2 unspecified atom stereocenters. The van der Waals surface area contributed by atoms with E-state index in [0.717, 1.165) is 11.4 Å². The average molecular weight is 260 g/mol.